The molecule has 0 spiro atoms. The molecule has 5 nitrogen and oxygen atoms in total. The Morgan fingerprint density at radius 1 is 1.09 bits per heavy atom. The number of hydrogen-bond acceptors (Lipinski definition) is 3. The summed E-state index contributed by atoms with van der Waals surface area (Å²) in [7, 11) is -3.72. The molecule has 2 aromatic carbocycles. The molecule has 1 amide bonds. The average Bonchev–Trinajstić information content (AvgIpc) is 2.42. The summed E-state index contributed by atoms with van der Waals surface area (Å²) in [6.45, 7) is 3.17. The van der Waals surface area contributed by atoms with Crippen LogP contribution in [0.5, 0.6) is 0 Å². The Morgan fingerprint density at radius 3 is 2.32 bits per heavy atom. The maximum absolute atomic E-state index is 12.4. The van der Waals surface area contributed by atoms with E-state index in [9.17, 15) is 13.2 Å². The molecule has 2 aromatic rings. The van der Waals surface area contributed by atoms with Crippen LogP contribution in [0.2, 0.25) is 5.02 Å². The van der Waals surface area contributed by atoms with Crippen LogP contribution in [-0.2, 0) is 14.8 Å². The van der Waals surface area contributed by atoms with Crippen molar-refractivity contribution < 1.29 is 13.2 Å². The van der Waals surface area contributed by atoms with Gasteiger partial charge in [-0.25, -0.2) is 8.42 Å². The summed E-state index contributed by atoms with van der Waals surface area (Å²) in [5, 5.41) is 3.03. The second-order valence-corrected chi connectivity index (χ2v) is 6.89. The number of carbonyl (C=O) groups is 1. The predicted molar refractivity (Wildman–Crippen MR) is 87.7 cm³/mol. The van der Waals surface area contributed by atoms with Gasteiger partial charge >= 0.3 is 0 Å². The molecule has 22 heavy (non-hydrogen) atoms. The molecule has 0 heterocycles. The quantitative estimate of drug-likeness (QED) is 0.897. The number of rotatable bonds is 4. The minimum Gasteiger partial charge on any atom is -0.326 e. The lowest BCUT2D eigenvalue weighted by Crippen LogP contribution is -2.14. The number of hydrogen-bond donors (Lipinski definition) is 2. The van der Waals surface area contributed by atoms with E-state index in [2.05, 4.69) is 10.0 Å². The zero-order valence-electron chi connectivity index (χ0n) is 12.1. The molecular weight excluding hydrogens is 324 g/mol. The molecule has 2 rings (SSSR count). The van der Waals surface area contributed by atoms with Crippen LogP contribution in [0.15, 0.2) is 47.4 Å². The topological polar surface area (TPSA) is 75.3 Å². The molecule has 2 N–H and O–H groups in total. The smallest absolute Gasteiger partial charge is 0.261 e. The molecule has 0 aliphatic heterocycles. The Morgan fingerprint density at radius 2 is 1.73 bits per heavy atom. The van der Waals surface area contributed by atoms with Gasteiger partial charge in [-0.2, -0.15) is 0 Å². The monoisotopic (exact) mass is 338 g/mol. The van der Waals surface area contributed by atoms with Gasteiger partial charge in [-0.15, -0.1) is 0 Å². The van der Waals surface area contributed by atoms with Gasteiger partial charge < -0.3 is 5.32 Å². The molecule has 0 radical (unpaired) electrons. The molecule has 0 atom stereocenters. The predicted octanol–water partition coefficient (Wildman–Crippen LogP) is 3.41. The lowest BCUT2D eigenvalue weighted by Gasteiger charge is -2.11. The second kappa shape index (κ2) is 6.37. The Labute approximate surface area is 134 Å². The average molecular weight is 339 g/mol. The molecule has 0 bridgehead atoms. The van der Waals surface area contributed by atoms with Gasteiger partial charge in [0.15, 0.2) is 0 Å². The Balaban J connectivity index is 2.26. The number of aryl methyl sites for hydroxylation is 1. The molecule has 0 fully saturated rings. The van der Waals surface area contributed by atoms with Crippen molar-refractivity contribution in [3.8, 4) is 0 Å². The van der Waals surface area contributed by atoms with Crippen molar-refractivity contribution in [1.29, 1.82) is 0 Å². The maximum Gasteiger partial charge on any atom is 0.261 e. The third-order valence-corrected chi connectivity index (χ3v) is 4.55. The van der Waals surface area contributed by atoms with Crippen LogP contribution in [0.25, 0.3) is 0 Å². The van der Waals surface area contributed by atoms with Crippen LogP contribution in [0, 0.1) is 6.92 Å². The van der Waals surface area contributed by atoms with Crippen molar-refractivity contribution in [3.63, 3.8) is 0 Å². The van der Waals surface area contributed by atoms with E-state index < -0.39 is 10.0 Å². The lowest BCUT2D eigenvalue weighted by atomic mass is 10.2. The van der Waals surface area contributed by atoms with Gasteiger partial charge in [0.1, 0.15) is 0 Å². The van der Waals surface area contributed by atoms with Crippen molar-refractivity contribution in [1.82, 2.24) is 0 Å². The van der Waals surface area contributed by atoms with Gasteiger partial charge in [-0.05, 0) is 48.9 Å². The van der Waals surface area contributed by atoms with Gasteiger partial charge in [0.05, 0.1) is 10.6 Å². The van der Waals surface area contributed by atoms with Crippen LogP contribution < -0.4 is 10.0 Å². The standard InChI is InChI=1S/C15H15ClN2O3S/c1-10-3-4-12(16)9-15(10)18-22(20,21)14-7-5-13(6-8-14)17-11(2)19/h3-9,18H,1-2H3,(H,17,19). The van der Waals surface area contributed by atoms with Crippen LogP contribution in [0.4, 0.5) is 11.4 Å². The molecule has 0 aliphatic carbocycles. The van der Waals surface area contributed by atoms with E-state index in [0.29, 0.717) is 16.4 Å². The third kappa shape index (κ3) is 3.99. The van der Waals surface area contributed by atoms with E-state index in [1.807, 2.05) is 0 Å². The molecule has 0 unspecified atom stereocenters. The van der Waals surface area contributed by atoms with E-state index in [1.165, 1.54) is 31.2 Å². The molecule has 0 saturated heterocycles. The van der Waals surface area contributed by atoms with Crippen LogP contribution in [0.3, 0.4) is 0 Å². The Bertz CT molecular complexity index is 802. The van der Waals surface area contributed by atoms with Crippen LogP contribution in [-0.4, -0.2) is 14.3 Å². The summed E-state index contributed by atoms with van der Waals surface area (Å²) in [6, 6.07) is 10.9. The van der Waals surface area contributed by atoms with Gasteiger partial charge in [-0.1, -0.05) is 17.7 Å². The fourth-order valence-corrected chi connectivity index (χ4v) is 3.12. The van der Waals surface area contributed by atoms with E-state index in [-0.39, 0.29) is 10.8 Å². The van der Waals surface area contributed by atoms with Crippen molar-refractivity contribution in [3.05, 3.63) is 53.1 Å². The normalized spacial score (nSPS) is 11.0. The highest BCUT2D eigenvalue weighted by molar-refractivity contribution is 7.92. The summed E-state index contributed by atoms with van der Waals surface area (Å²) in [5.41, 5.74) is 1.73. The zero-order valence-corrected chi connectivity index (χ0v) is 13.6. The summed E-state index contributed by atoms with van der Waals surface area (Å²) < 4.78 is 27.2. The van der Waals surface area contributed by atoms with Crippen LogP contribution >= 0.6 is 11.6 Å². The fourth-order valence-electron chi connectivity index (χ4n) is 1.83. The Kier molecular flexibility index (Phi) is 4.73. The van der Waals surface area contributed by atoms with Gasteiger partial charge in [0, 0.05) is 17.6 Å². The van der Waals surface area contributed by atoms with Gasteiger partial charge in [0.2, 0.25) is 5.91 Å². The minimum absolute atomic E-state index is 0.0981. The van der Waals surface area contributed by atoms with Crippen molar-refractivity contribution in [2.24, 2.45) is 0 Å². The summed E-state index contributed by atoms with van der Waals surface area (Å²) in [4.78, 5) is 11.0. The highest BCUT2D eigenvalue weighted by Gasteiger charge is 2.15. The highest BCUT2D eigenvalue weighted by atomic mass is 35.5. The Hall–Kier alpha value is -2.05. The molecule has 0 aliphatic rings. The minimum atomic E-state index is -3.72. The first kappa shape index (κ1) is 16.3. The molecule has 116 valence electrons. The first-order valence-corrected chi connectivity index (χ1v) is 8.31. The first-order chi connectivity index (χ1) is 10.3. The number of amides is 1. The SMILES string of the molecule is CC(=O)Nc1ccc(S(=O)(=O)Nc2cc(Cl)ccc2C)cc1. The fraction of sp³-hybridized carbons (Fsp3) is 0.133. The summed E-state index contributed by atoms with van der Waals surface area (Å²) >= 11 is 5.89. The highest BCUT2D eigenvalue weighted by Crippen LogP contribution is 2.24. The van der Waals surface area contributed by atoms with Crippen LogP contribution in [0.1, 0.15) is 12.5 Å². The lowest BCUT2D eigenvalue weighted by molar-refractivity contribution is -0.114. The zero-order chi connectivity index (χ0) is 16.3. The van der Waals surface area contributed by atoms with E-state index >= 15 is 0 Å². The molecular formula is C15H15ClN2O3S. The molecule has 7 heteroatoms. The summed E-state index contributed by atoms with van der Waals surface area (Å²) in [5.74, 6) is -0.219. The van der Waals surface area contributed by atoms with E-state index in [4.69, 9.17) is 11.6 Å². The van der Waals surface area contributed by atoms with Crippen molar-refractivity contribution >= 4 is 38.9 Å². The van der Waals surface area contributed by atoms with Gasteiger partial charge in [-0.3, -0.25) is 9.52 Å². The number of halogens is 1. The van der Waals surface area contributed by atoms with Gasteiger partial charge in [0.25, 0.3) is 10.0 Å². The molecule has 0 saturated carbocycles. The first-order valence-electron chi connectivity index (χ1n) is 6.44. The largest absolute Gasteiger partial charge is 0.326 e. The van der Waals surface area contributed by atoms with Crippen molar-refractivity contribution in [2.75, 3.05) is 10.0 Å². The summed E-state index contributed by atoms with van der Waals surface area (Å²) in [6.07, 6.45) is 0. The van der Waals surface area contributed by atoms with E-state index in [0.717, 1.165) is 5.56 Å². The number of anilines is 2. The number of nitrogens with one attached hydrogen (secondary N) is 2. The third-order valence-electron chi connectivity index (χ3n) is 2.93. The number of carbonyl (C=O) groups excluding carboxylic acids is 1. The number of benzene rings is 2. The maximum atomic E-state index is 12.4. The molecule has 0 aromatic heterocycles. The number of sulfonamides is 1. The van der Waals surface area contributed by atoms with E-state index in [1.54, 1.807) is 25.1 Å². The van der Waals surface area contributed by atoms with Crippen molar-refractivity contribution in [2.45, 2.75) is 18.7 Å². The second-order valence-electron chi connectivity index (χ2n) is 4.77.